The molecule has 0 N–H and O–H groups in total. The zero-order valence-corrected chi connectivity index (χ0v) is 14.6. The minimum absolute atomic E-state index is 0.343. The van der Waals surface area contributed by atoms with E-state index in [9.17, 15) is 4.79 Å². The molecule has 1 aliphatic rings. The molecule has 23 heavy (non-hydrogen) atoms. The van der Waals surface area contributed by atoms with E-state index < -0.39 is 5.60 Å². The van der Waals surface area contributed by atoms with Crippen molar-refractivity contribution in [3.05, 3.63) is 23.9 Å². The molecule has 126 valence electrons. The highest BCUT2D eigenvalue weighted by molar-refractivity contribution is 6.07. The van der Waals surface area contributed by atoms with Crippen molar-refractivity contribution in [2.24, 2.45) is 4.99 Å². The zero-order chi connectivity index (χ0) is 16.9. The second kappa shape index (κ2) is 7.57. The van der Waals surface area contributed by atoms with E-state index in [1.807, 2.05) is 32.9 Å². The summed E-state index contributed by atoms with van der Waals surface area (Å²) in [4.78, 5) is 23.3. The summed E-state index contributed by atoms with van der Waals surface area (Å²) in [6, 6.07) is 3.89. The lowest BCUT2D eigenvalue weighted by atomic mass is 10.1. The predicted molar refractivity (Wildman–Crippen MR) is 93.4 cm³/mol. The molecule has 0 atom stereocenters. The van der Waals surface area contributed by atoms with Gasteiger partial charge in [0.2, 0.25) is 0 Å². The normalized spacial score (nSPS) is 14.5. The summed E-state index contributed by atoms with van der Waals surface area (Å²) >= 11 is 0. The Bertz CT molecular complexity index is 576. The van der Waals surface area contributed by atoms with Crippen LogP contribution in [0.1, 0.15) is 58.9 Å². The Hall–Kier alpha value is -1.91. The van der Waals surface area contributed by atoms with Gasteiger partial charge < -0.3 is 4.74 Å². The topological polar surface area (TPSA) is 54.8 Å². The van der Waals surface area contributed by atoms with Crippen molar-refractivity contribution in [2.75, 3.05) is 18.0 Å². The minimum atomic E-state index is -0.526. The van der Waals surface area contributed by atoms with Crippen LogP contribution in [0.4, 0.5) is 10.6 Å². The maximum atomic E-state index is 12.7. The van der Waals surface area contributed by atoms with Crippen molar-refractivity contribution in [1.29, 1.82) is 0 Å². The Morgan fingerprint density at radius 2 is 2.17 bits per heavy atom. The van der Waals surface area contributed by atoms with Crippen molar-refractivity contribution in [3.8, 4) is 0 Å². The average molecular weight is 317 g/mol. The number of anilines is 1. The fraction of sp³-hybridized carbons (Fsp3) is 0.611. The Balaban J connectivity index is 2.33. The molecule has 0 radical (unpaired) electrons. The maximum absolute atomic E-state index is 12.7. The number of rotatable bonds is 5. The molecule has 1 aromatic heterocycles. The van der Waals surface area contributed by atoms with Gasteiger partial charge in [0.05, 0.1) is 0 Å². The smallest absolute Gasteiger partial charge is 0.416 e. The molecule has 0 fully saturated rings. The van der Waals surface area contributed by atoms with Crippen molar-refractivity contribution in [1.82, 2.24) is 4.98 Å². The van der Waals surface area contributed by atoms with Crippen molar-refractivity contribution >= 4 is 17.6 Å². The van der Waals surface area contributed by atoms with Crippen LogP contribution in [0.25, 0.3) is 0 Å². The summed E-state index contributed by atoms with van der Waals surface area (Å²) in [5.41, 5.74) is 1.46. The maximum Gasteiger partial charge on any atom is 0.416 e. The van der Waals surface area contributed by atoms with E-state index in [4.69, 9.17) is 4.74 Å². The Morgan fingerprint density at radius 3 is 2.78 bits per heavy atom. The highest BCUT2D eigenvalue weighted by Crippen LogP contribution is 2.24. The van der Waals surface area contributed by atoms with Crippen molar-refractivity contribution < 1.29 is 9.53 Å². The van der Waals surface area contributed by atoms with E-state index in [1.54, 1.807) is 11.1 Å². The van der Waals surface area contributed by atoms with Gasteiger partial charge in [-0.05, 0) is 52.2 Å². The van der Waals surface area contributed by atoms with Gasteiger partial charge in [0.15, 0.2) is 0 Å². The van der Waals surface area contributed by atoms with Gasteiger partial charge in [-0.2, -0.15) is 0 Å². The van der Waals surface area contributed by atoms with E-state index in [0.29, 0.717) is 12.4 Å². The highest BCUT2D eigenvalue weighted by Gasteiger charge is 2.27. The van der Waals surface area contributed by atoms with E-state index in [-0.39, 0.29) is 6.09 Å². The van der Waals surface area contributed by atoms with Crippen LogP contribution in [0.3, 0.4) is 0 Å². The Labute approximate surface area is 138 Å². The summed E-state index contributed by atoms with van der Waals surface area (Å²) in [6.45, 7) is 9.19. The molecule has 1 amide bonds. The molecule has 1 aromatic rings. The molecule has 5 heteroatoms. The first-order valence-corrected chi connectivity index (χ1v) is 8.41. The third-order valence-corrected chi connectivity index (χ3v) is 3.58. The molecule has 2 rings (SSSR count). The van der Waals surface area contributed by atoms with Gasteiger partial charge in [-0.25, -0.2) is 9.78 Å². The zero-order valence-electron chi connectivity index (χ0n) is 14.6. The lowest BCUT2D eigenvalue weighted by Gasteiger charge is -2.28. The second-order valence-corrected chi connectivity index (χ2v) is 6.79. The third kappa shape index (κ3) is 4.78. The molecular weight excluding hydrogens is 290 g/mol. The first-order chi connectivity index (χ1) is 10.9. The SMILES string of the molecule is CCCCN(C(=O)OC(C)(C)C)c1ncccc1C1=NCCC1. The fourth-order valence-corrected chi connectivity index (χ4v) is 2.51. The number of amides is 1. The number of aromatic nitrogens is 1. The number of carbonyl (C=O) groups excluding carboxylic acids is 1. The van der Waals surface area contributed by atoms with Crippen LogP contribution in [0, 0.1) is 0 Å². The number of hydrogen-bond acceptors (Lipinski definition) is 4. The van der Waals surface area contributed by atoms with Gasteiger partial charge in [0.1, 0.15) is 11.4 Å². The number of unbranched alkanes of at least 4 members (excludes halogenated alkanes) is 1. The van der Waals surface area contributed by atoms with E-state index in [1.165, 1.54) is 0 Å². The molecule has 2 heterocycles. The standard InChI is InChI=1S/C18H27N3O2/c1-5-6-13-21(17(22)23-18(2,3)4)16-14(9-7-12-20-16)15-10-8-11-19-15/h7,9,12H,5-6,8,10-11,13H2,1-4H3. The number of carbonyl (C=O) groups is 1. The summed E-state index contributed by atoms with van der Waals surface area (Å²) in [6.07, 6.45) is 5.28. The summed E-state index contributed by atoms with van der Waals surface area (Å²) in [5.74, 6) is 0.663. The Morgan fingerprint density at radius 1 is 1.39 bits per heavy atom. The number of hydrogen-bond donors (Lipinski definition) is 0. The van der Waals surface area contributed by atoms with Gasteiger partial charge >= 0.3 is 6.09 Å². The molecule has 0 aromatic carbocycles. The first-order valence-electron chi connectivity index (χ1n) is 8.41. The van der Waals surface area contributed by atoms with E-state index in [0.717, 1.165) is 43.5 Å². The van der Waals surface area contributed by atoms with E-state index >= 15 is 0 Å². The van der Waals surface area contributed by atoms with Gasteiger partial charge in [0, 0.05) is 30.6 Å². The van der Waals surface area contributed by atoms with Crippen LogP contribution in [0.5, 0.6) is 0 Å². The predicted octanol–water partition coefficient (Wildman–Crippen LogP) is 4.21. The molecule has 0 aliphatic carbocycles. The second-order valence-electron chi connectivity index (χ2n) is 6.79. The van der Waals surface area contributed by atoms with Crippen LogP contribution in [0.15, 0.2) is 23.3 Å². The van der Waals surface area contributed by atoms with Crippen LogP contribution >= 0.6 is 0 Å². The van der Waals surface area contributed by atoms with Crippen LogP contribution in [-0.2, 0) is 4.74 Å². The van der Waals surface area contributed by atoms with Crippen LogP contribution in [0.2, 0.25) is 0 Å². The summed E-state index contributed by atoms with van der Waals surface area (Å²) in [5, 5.41) is 0. The number of aliphatic imine (C=N–C) groups is 1. The van der Waals surface area contributed by atoms with Crippen LogP contribution < -0.4 is 4.90 Å². The highest BCUT2D eigenvalue weighted by atomic mass is 16.6. The molecule has 0 saturated carbocycles. The van der Waals surface area contributed by atoms with Gasteiger partial charge in [-0.1, -0.05) is 13.3 Å². The lowest BCUT2D eigenvalue weighted by molar-refractivity contribution is 0.0578. The van der Waals surface area contributed by atoms with Gasteiger partial charge in [-0.15, -0.1) is 0 Å². The fourth-order valence-electron chi connectivity index (χ4n) is 2.51. The quantitative estimate of drug-likeness (QED) is 0.817. The summed E-state index contributed by atoms with van der Waals surface area (Å²) < 4.78 is 5.58. The first kappa shape index (κ1) is 17.4. The molecular formula is C18H27N3O2. The Kier molecular flexibility index (Phi) is 5.74. The van der Waals surface area contributed by atoms with E-state index in [2.05, 4.69) is 16.9 Å². The average Bonchev–Trinajstić information content (AvgIpc) is 3.00. The molecule has 5 nitrogen and oxygen atoms in total. The minimum Gasteiger partial charge on any atom is -0.443 e. The number of pyridine rings is 1. The summed E-state index contributed by atoms with van der Waals surface area (Å²) in [7, 11) is 0. The molecule has 0 saturated heterocycles. The molecule has 0 unspecified atom stereocenters. The molecule has 0 spiro atoms. The number of ether oxygens (including phenoxy) is 1. The largest absolute Gasteiger partial charge is 0.443 e. The van der Waals surface area contributed by atoms with Crippen molar-refractivity contribution in [3.63, 3.8) is 0 Å². The lowest BCUT2D eigenvalue weighted by Crippen LogP contribution is -2.38. The van der Waals surface area contributed by atoms with Gasteiger partial charge in [-0.3, -0.25) is 9.89 Å². The monoisotopic (exact) mass is 317 g/mol. The molecule has 0 bridgehead atoms. The van der Waals surface area contributed by atoms with Gasteiger partial charge in [0.25, 0.3) is 0 Å². The number of nitrogens with zero attached hydrogens (tertiary/aromatic N) is 3. The van der Waals surface area contributed by atoms with Crippen LogP contribution in [-0.4, -0.2) is 35.5 Å². The van der Waals surface area contributed by atoms with Crippen molar-refractivity contribution in [2.45, 2.75) is 59.0 Å². The molecule has 1 aliphatic heterocycles. The third-order valence-electron chi connectivity index (χ3n) is 3.58.